The number of carbonyl (C=O) groups is 2. The molecular weight excluding hydrogens is 278 g/mol. The SMILES string of the molecule is CCC[C@@H](NC(=O)Nc1ccc(C)c([N+](=O)[O-])c1)C(=O)O. The number of nitrogens with zero attached hydrogens (tertiary/aromatic N) is 1. The second-order valence-corrected chi connectivity index (χ2v) is 4.54. The van der Waals surface area contributed by atoms with E-state index in [1.54, 1.807) is 13.8 Å². The summed E-state index contributed by atoms with van der Waals surface area (Å²) >= 11 is 0. The number of carboxylic acids is 1. The van der Waals surface area contributed by atoms with Crippen LogP contribution in [-0.2, 0) is 4.79 Å². The van der Waals surface area contributed by atoms with Gasteiger partial charge < -0.3 is 15.7 Å². The van der Waals surface area contributed by atoms with E-state index in [0.29, 0.717) is 18.4 Å². The molecule has 1 rings (SSSR count). The van der Waals surface area contributed by atoms with Crippen LogP contribution in [0.2, 0.25) is 0 Å². The number of benzene rings is 1. The van der Waals surface area contributed by atoms with E-state index in [-0.39, 0.29) is 11.4 Å². The lowest BCUT2D eigenvalue weighted by atomic mass is 10.1. The molecule has 0 heterocycles. The van der Waals surface area contributed by atoms with Gasteiger partial charge in [-0.05, 0) is 19.4 Å². The first-order valence-corrected chi connectivity index (χ1v) is 6.40. The molecule has 8 nitrogen and oxygen atoms in total. The van der Waals surface area contributed by atoms with Crippen LogP contribution >= 0.6 is 0 Å². The van der Waals surface area contributed by atoms with Crippen molar-refractivity contribution in [1.82, 2.24) is 5.32 Å². The Morgan fingerprint density at radius 1 is 1.43 bits per heavy atom. The standard InChI is InChI=1S/C13H17N3O5/c1-3-4-10(12(17)18)15-13(19)14-9-6-5-8(2)11(7-9)16(20)21/h5-7,10H,3-4H2,1-2H3,(H,17,18)(H2,14,15,19)/t10-/m1/s1. The number of carboxylic acid groups (broad SMARTS) is 1. The quantitative estimate of drug-likeness (QED) is 0.549. The van der Waals surface area contributed by atoms with Crippen molar-refractivity contribution in [2.75, 3.05) is 5.32 Å². The number of nitro benzene ring substituents is 1. The Morgan fingerprint density at radius 2 is 2.10 bits per heavy atom. The van der Waals surface area contributed by atoms with Gasteiger partial charge in [0.25, 0.3) is 5.69 Å². The van der Waals surface area contributed by atoms with Crippen molar-refractivity contribution >= 4 is 23.4 Å². The van der Waals surface area contributed by atoms with E-state index >= 15 is 0 Å². The van der Waals surface area contributed by atoms with E-state index in [1.807, 2.05) is 0 Å². The molecule has 1 aromatic carbocycles. The van der Waals surface area contributed by atoms with Gasteiger partial charge in [-0.25, -0.2) is 9.59 Å². The number of urea groups is 1. The highest BCUT2D eigenvalue weighted by molar-refractivity contribution is 5.92. The lowest BCUT2D eigenvalue weighted by Crippen LogP contribution is -2.42. The largest absolute Gasteiger partial charge is 0.480 e. The minimum Gasteiger partial charge on any atom is -0.480 e. The molecule has 1 atom stereocenters. The van der Waals surface area contributed by atoms with E-state index in [0.717, 1.165) is 0 Å². The van der Waals surface area contributed by atoms with Crippen LogP contribution < -0.4 is 10.6 Å². The molecule has 8 heteroatoms. The number of aliphatic carboxylic acids is 1. The number of carbonyl (C=O) groups excluding carboxylic acids is 1. The van der Waals surface area contributed by atoms with Crippen LogP contribution in [0.5, 0.6) is 0 Å². The molecule has 0 aliphatic rings. The summed E-state index contributed by atoms with van der Waals surface area (Å²) in [4.78, 5) is 32.9. The Hall–Kier alpha value is -2.64. The molecule has 0 aliphatic heterocycles. The zero-order chi connectivity index (χ0) is 16.0. The lowest BCUT2D eigenvalue weighted by Gasteiger charge is -2.14. The molecule has 2 amide bonds. The van der Waals surface area contributed by atoms with Crippen molar-refractivity contribution in [3.8, 4) is 0 Å². The summed E-state index contributed by atoms with van der Waals surface area (Å²) < 4.78 is 0. The normalized spacial score (nSPS) is 11.5. The molecule has 21 heavy (non-hydrogen) atoms. The lowest BCUT2D eigenvalue weighted by molar-refractivity contribution is -0.385. The van der Waals surface area contributed by atoms with E-state index < -0.39 is 23.0 Å². The summed E-state index contributed by atoms with van der Waals surface area (Å²) in [7, 11) is 0. The van der Waals surface area contributed by atoms with Gasteiger partial charge in [-0.15, -0.1) is 0 Å². The number of hydrogen-bond donors (Lipinski definition) is 3. The van der Waals surface area contributed by atoms with Gasteiger partial charge in [-0.1, -0.05) is 19.4 Å². The molecule has 0 bridgehead atoms. The van der Waals surface area contributed by atoms with Gasteiger partial charge >= 0.3 is 12.0 Å². The Balaban J connectivity index is 2.77. The molecule has 114 valence electrons. The minimum absolute atomic E-state index is 0.115. The van der Waals surface area contributed by atoms with E-state index in [4.69, 9.17) is 5.11 Å². The highest BCUT2D eigenvalue weighted by Gasteiger charge is 2.19. The summed E-state index contributed by atoms with van der Waals surface area (Å²) in [5.41, 5.74) is 0.585. The maximum Gasteiger partial charge on any atom is 0.326 e. The highest BCUT2D eigenvalue weighted by atomic mass is 16.6. The molecule has 0 fully saturated rings. The second kappa shape index (κ2) is 7.22. The van der Waals surface area contributed by atoms with Crippen molar-refractivity contribution in [2.24, 2.45) is 0 Å². The summed E-state index contributed by atoms with van der Waals surface area (Å²) in [6, 6.07) is 2.54. The van der Waals surface area contributed by atoms with E-state index in [2.05, 4.69) is 10.6 Å². The molecule has 0 radical (unpaired) electrons. The number of amides is 2. The first-order chi connectivity index (χ1) is 9.85. The fraction of sp³-hybridized carbons (Fsp3) is 0.385. The van der Waals surface area contributed by atoms with Gasteiger partial charge in [0.2, 0.25) is 0 Å². The summed E-state index contributed by atoms with van der Waals surface area (Å²) in [5.74, 6) is -1.12. The summed E-state index contributed by atoms with van der Waals surface area (Å²) in [5, 5.41) is 24.5. The van der Waals surface area contributed by atoms with Crippen LogP contribution in [0.15, 0.2) is 18.2 Å². The number of aryl methyl sites for hydroxylation is 1. The minimum atomic E-state index is -1.12. The van der Waals surface area contributed by atoms with E-state index in [1.165, 1.54) is 18.2 Å². The van der Waals surface area contributed by atoms with Gasteiger partial charge in [0.1, 0.15) is 6.04 Å². The van der Waals surface area contributed by atoms with Crippen LogP contribution in [0.1, 0.15) is 25.3 Å². The van der Waals surface area contributed by atoms with Crippen molar-refractivity contribution in [3.63, 3.8) is 0 Å². The third-order valence-electron chi connectivity index (χ3n) is 2.84. The molecule has 0 saturated heterocycles. The number of anilines is 1. The molecule has 0 saturated carbocycles. The van der Waals surface area contributed by atoms with Gasteiger partial charge in [-0.2, -0.15) is 0 Å². The van der Waals surface area contributed by atoms with Gasteiger partial charge in [0, 0.05) is 17.3 Å². The molecule has 0 unspecified atom stereocenters. The first kappa shape index (κ1) is 16.4. The monoisotopic (exact) mass is 295 g/mol. The molecule has 0 aliphatic carbocycles. The first-order valence-electron chi connectivity index (χ1n) is 6.40. The molecular formula is C13H17N3O5. The van der Waals surface area contributed by atoms with Gasteiger partial charge in [0.05, 0.1) is 4.92 Å². The number of nitrogens with one attached hydrogen (secondary N) is 2. The number of rotatable bonds is 6. The zero-order valence-electron chi connectivity index (χ0n) is 11.8. The Labute approximate surface area is 121 Å². The van der Waals surface area contributed by atoms with Crippen LogP contribution in [-0.4, -0.2) is 28.1 Å². The van der Waals surface area contributed by atoms with Crippen LogP contribution in [0.25, 0.3) is 0 Å². The van der Waals surface area contributed by atoms with Crippen molar-refractivity contribution in [2.45, 2.75) is 32.7 Å². The Morgan fingerprint density at radius 3 is 2.62 bits per heavy atom. The predicted molar refractivity (Wildman–Crippen MR) is 76.3 cm³/mol. The topological polar surface area (TPSA) is 122 Å². The fourth-order valence-corrected chi connectivity index (χ4v) is 1.76. The third-order valence-corrected chi connectivity index (χ3v) is 2.84. The van der Waals surface area contributed by atoms with Crippen LogP contribution in [0, 0.1) is 17.0 Å². The summed E-state index contributed by atoms with van der Waals surface area (Å²) in [6.07, 6.45) is 0.907. The maximum absolute atomic E-state index is 11.7. The third kappa shape index (κ3) is 4.75. The van der Waals surface area contributed by atoms with Crippen molar-refractivity contribution in [3.05, 3.63) is 33.9 Å². The maximum atomic E-state index is 11.7. The molecule has 3 N–H and O–H groups in total. The van der Waals surface area contributed by atoms with Crippen molar-refractivity contribution in [1.29, 1.82) is 0 Å². The van der Waals surface area contributed by atoms with Crippen molar-refractivity contribution < 1.29 is 19.6 Å². The van der Waals surface area contributed by atoms with Crippen LogP contribution in [0.3, 0.4) is 0 Å². The Kier molecular flexibility index (Phi) is 5.65. The second-order valence-electron chi connectivity index (χ2n) is 4.54. The predicted octanol–water partition coefficient (Wildman–Crippen LogP) is 2.28. The Bertz CT molecular complexity index is 559. The fourth-order valence-electron chi connectivity index (χ4n) is 1.76. The highest BCUT2D eigenvalue weighted by Crippen LogP contribution is 2.22. The van der Waals surface area contributed by atoms with Gasteiger partial charge in [0.15, 0.2) is 0 Å². The smallest absolute Gasteiger partial charge is 0.326 e. The number of nitro groups is 1. The van der Waals surface area contributed by atoms with E-state index in [9.17, 15) is 19.7 Å². The molecule has 0 spiro atoms. The average molecular weight is 295 g/mol. The summed E-state index contributed by atoms with van der Waals surface area (Å²) in [6.45, 7) is 3.39. The zero-order valence-corrected chi connectivity index (χ0v) is 11.8. The average Bonchev–Trinajstić information content (AvgIpc) is 2.40. The van der Waals surface area contributed by atoms with Gasteiger partial charge in [-0.3, -0.25) is 10.1 Å². The number of hydrogen-bond acceptors (Lipinski definition) is 4. The molecule has 0 aromatic heterocycles. The van der Waals surface area contributed by atoms with Crippen LogP contribution in [0.4, 0.5) is 16.2 Å². The molecule has 1 aromatic rings.